The Labute approximate surface area is 235 Å². The quantitative estimate of drug-likeness (QED) is 0.352. The van der Waals surface area contributed by atoms with Crippen molar-refractivity contribution in [1.29, 1.82) is 0 Å². The average molecular weight is 591 g/mol. The molecule has 2 aromatic rings. The second-order valence-corrected chi connectivity index (χ2v) is 13.0. The van der Waals surface area contributed by atoms with Crippen molar-refractivity contribution in [2.45, 2.75) is 65.1 Å². The Morgan fingerprint density at radius 1 is 1.00 bits per heavy atom. The van der Waals surface area contributed by atoms with Crippen LogP contribution in [-0.4, -0.2) is 49.5 Å². The third kappa shape index (κ3) is 9.67. The van der Waals surface area contributed by atoms with E-state index in [9.17, 15) is 18.0 Å². The van der Waals surface area contributed by atoms with Crippen molar-refractivity contribution in [3.8, 4) is 0 Å². The van der Waals surface area contributed by atoms with Crippen molar-refractivity contribution in [3.05, 3.63) is 63.1 Å². The van der Waals surface area contributed by atoms with Gasteiger partial charge in [-0.3, -0.25) is 13.9 Å². The molecule has 0 aliphatic rings. The number of hydrogen-bond acceptors (Lipinski definition) is 4. The lowest BCUT2D eigenvalue weighted by Gasteiger charge is -2.33. The highest BCUT2D eigenvalue weighted by Crippen LogP contribution is 2.25. The Kier molecular flexibility index (Phi) is 11.1. The normalized spacial score (nSPS) is 12.6. The van der Waals surface area contributed by atoms with Crippen LogP contribution in [0.1, 0.15) is 52.5 Å². The molecule has 0 heterocycles. The van der Waals surface area contributed by atoms with Crippen molar-refractivity contribution in [1.82, 2.24) is 10.2 Å². The van der Waals surface area contributed by atoms with Gasteiger partial charge in [-0.25, -0.2) is 8.42 Å². The predicted octanol–water partition coefficient (Wildman–Crippen LogP) is 5.92. The largest absolute Gasteiger partial charge is 0.350 e. The molecule has 1 N–H and O–H groups in total. The van der Waals surface area contributed by atoms with E-state index in [1.807, 2.05) is 27.7 Å². The zero-order valence-corrected chi connectivity index (χ0v) is 24.8. The Hall–Kier alpha value is -2.00. The van der Waals surface area contributed by atoms with E-state index in [1.165, 1.54) is 9.21 Å². The van der Waals surface area contributed by atoms with Crippen molar-refractivity contribution in [3.63, 3.8) is 0 Å². The summed E-state index contributed by atoms with van der Waals surface area (Å²) in [5, 5.41) is 4.30. The van der Waals surface area contributed by atoms with Crippen LogP contribution in [0.2, 0.25) is 15.1 Å². The van der Waals surface area contributed by atoms with Crippen molar-refractivity contribution in [2.24, 2.45) is 0 Å². The molecule has 2 amide bonds. The highest BCUT2D eigenvalue weighted by Gasteiger charge is 2.31. The maximum atomic E-state index is 13.5. The summed E-state index contributed by atoms with van der Waals surface area (Å²) in [6.07, 6.45) is 1.78. The molecule has 11 heteroatoms. The molecule has 204 valence electrons. The monoisotopic (exact) mass is 589 g/mol. The van der Waals surface area contributed by atoms with Crippen molar-refractivity contribution >= 4 is 62.3 Å². The van der Waals surface area contributed by atoms with Crippen LogP contribution in [0.3, 0.4) is 0 Å². The van der Waals surface area contributed by atoms with Gasteiger partial charge in [-0.05, 0) is 75.6 Å². The van der Waals surface area contributed by atoms with E-state index in [4.69, 9.17) is 34.8 Å². The molecular formula is C26H34Cl3N3O4S. The third-order valence-corrected chi connectivity index (χ3v) is 7.54. The summed E-state index contributed by atoms with van der Waals surface area (Å²) < 4.78 is 26.1. The molecule has 0 aliphatic heterocycles. The van der Waals surface area contributed by atoms with Crippen LogP contribution in [0, 0.1) is 0 Å². The number of anilines is 1. The van der Waals surface area contributed by atoms with E-state index in [1.54, 1.807) is 42.5 Å². The zero-order chi connectivity index (χ0) is 28.0. The third-order valence-electron chi connectivity index (χ3n) is 5.51. The van der Waals surface area contributed by atoms with Gasteiger partial charge in [0.15, 0.2) is 0 Å². The lowest BCUT2D eigenvalue weighted by Crippen LogP contribution is -2.53. The van der Waals surface area contributed by atoms with E-state index < -0.39 is 21.6 Å². The van der Waals surface area contributed by atoms with Gasteiger partial charge in [0.2, 0.25) is 21.8 Å². The lowest BCUT2D eigenvalue weighted by molar-refractivity contribution is -0.142. The number of amides is 2. The number of sulfonamides is 1. The molecule has 0 saturated carbocycles. The zero-order valence-electron chi connectivity index (χ0n) is 21.7. The van der Waals surface area contributed by atoms with Gasteiger partial charge in [0.05, 0.1) is 11.9 Å². The summed E-state index contributed by atoms with van der Waals surface area (Å²) in [5.74, 6) is -0.557. The maximum Gasteiger partial charge on any atom is 0.243 e. The molecule has 2 aromatic carbocycles. The summed E-state index contributed by atoms with van der Waals surface area (Å²) in [7, 11) is -3.59. The minimum absolute atomic E-state index is 0.0319. The molecule has 1 atom stereocenters. The molecule has 0 radical (unpaired) electrons. The summed E-state index contributed by atoms with van der Waals surface area (Å²) in [6.45, 7) is 7.65. The molecule has 37 heavy (non-hydrogen) atoms. The first-order chi connectivity index (χ1) is 17.1. The molecule has 2 rings (SSSR count). The number of nitrogens with one attached hydrogen (secondary N) is 1. The Morgan fingerprint density at radius 2 is 1.59 bits per heavy atom. The van der Waals surface area contributed by atoms with Crippen LogP contribution >= 0.6 is 34.8 Å². The fourth-order valence-electron chi connectivity index (χ4n) is 3.82. The van der Waals surface area contributed by atoms with Gasteiger partial charge in [0, 0.05) is 40.1 Å². The molecule has 7 nitrogen and oxygen atoms in total. The van der Waals surface area contributed by atoms with Gasteiger partial charge in [0.1, 0.15) is 6.04 Å². The van der Waals surface area contributed by atoms with Gasteiger partial charge in [-0.2, -0.15) is 0 Å². The average Bonchev–Trinajstić information content (AvgIpc) is 2.76. The molecule has 0 saturated heterocycles. The molecule has 0 aliphatic carbocycles. The number of rotatable bonds is 11. The molecular weight excluding hydrogens is 557 g/mol. The Morgan fingerprint density at radius 3 is 2.11 bits per heavy atom. The molecule has 0 bridgehead atoms. The predicted molar refractivity (Wildman–Crippen MR) is 152 cm³/mol. The van der Waals surface area contributed by atoms with Gasteiger partial charge >= 0.3 is 0 Å². The number of carbonyl (C=O) groups excluding carboxylic acids is 2. The van der Waals surface area contributed by atoms with E-state index in [0.29, 0.717) is 32.7 Å². The smallest absolute Gasteiger partial charge is 0.243 e. The number of halogens is 3. The van der Waals surface area contributed by atoms with Gasteiger partial charge < -0.3 is 10.2 Å². The van der Waals surface area contributed by atoms with Crippen molar-refractivity contribution in [2.75, 3.05) is 17.1 Å². The van der Waals surface area contributed by atoms with Gasteiger partial charge in [-0.15, -0.1) is 0 Å². The lowest BCUT2D eigenvalue weighted by atomic mass is 10.0. The van der Waals surface area contributed by atoms with Crippen molar-refractivity contribution < 1.29 is 18.0 Å². The summed E-state index contributed by atoms with van der Waals surface area (Å²) >= 11 is 18.4. The SMILES string of the molecule is CCC(C(=O)NC(C)(C)C)N(Cc1ccc(Cl)cc1Cl)C(=O)CCCN(c1ccc(Cl)cc1)S(C)(=O)=O. The van der Waals surface area contributed by atoms with E-state index in [2.05, 4.69) is 5.32 Å². The second-order valence-electron chi connectivity index (χ2n) is 9.84. The fraction of sp³-hybridized carbons (Fsp3) is 0.462. The minimum atomic E-state index is -3.59. The Balaban J connectivity index is 2.27. The van der Waals surface area contributed by atoms with Crippen LogP contribution in [0.15, 0.2) is 42.5 Å². The second kappa shape index (κ2) is 13.2. The summed E-state index contributed by atoms with van der Waals surface area (Å²) in [5.41, 5.74) is 0.631. The first kappa shape index (κ1) is 31.2. The minimum Gasteiger partial charge on any atom is -0.350 e. The van der Waals surface area contributed by atoms with Gasteiger partial charge in [0.25, 0.3) is 0 Å². The van der Waals surface area contributed by atoms with Crippen LogP contribution in [0.25, 0.3) is 0 Å². The number of carbonyl (C=O) groups is 2. The molecule has 0 aromatic heterocycles. The highest BCUT2D eigenvalue weighted by atomic mass is 35.5. The van der Waals surface area contributed by atoms with E-state index in [0.717, 1.165) is 6.26 Å². The van der Waals surface area contributed by atoms with E-state index in [-0.39, 0.29) is 37.7 Å². The standard InChI is InChI=1S/C26H34Cl3N3O4S/c1-6-23(25(34)30-26(2,3)4)31(17-18-9-10-20(28)16-22(18)29)24(33)8-7-15-32(37(5,35)36)21-13-11-19(27)12-14-21/h9-14,16,23H,6-8,15,17H2,1-5H3,(H,30,34). The Bertz CT molecular complexity index is 1200. The summed E-state index contributed by atoms with van der Waals surface area (Å²) in [6, 6.07) is 10.7. The molecule has 0 fully saturated rings. The topological polar surface area (TPSA) is 86.8 Å². The number of benzene rings is 2. The van der Waals surface area contributed by atoms with Crippen LogP contribution in [0.5, 0.6) is 0 Å². The highest BCUT2D eigenvalue weighted by molar-refractivity contribution is 7.92. The first-order valence-corrected chi connectivity index (χ1v) is 14.9. The number of nitrogens with zero attached hydrogens (tertiary/aromatic N) is 2. The fourth-order valence-corrected chi connectivity index (χ4v) is 5.38. The van der Waals surface area contributed by atoms with E-state index >= 15 is 0 Å². The van der Waals surface area contributed by atoms with Crippen LogP contribution < -0.4 is 9.62 Å². The maximum absolute atomic E-state index is 13.5. The molecule has 1 unspecified atom stereocenters. The molecule has 0 spiro atoms. The number of hydrogen-bond donors (Lipinski definition) is 1. The first-order valence-electron chi connectivity index (χ1n) is 11.9. The van der Waals surface area contributed by atoms with Crippen LogP contribution in [0.4, 0.5) is 5.69 Å². The van der Waals surface area contributed by atoms with Gasteiger partial charge in [-0.1, -0.05) is 47.8 Å². The van der Waals surface area contributed by atoms with Crippen LogP contribution in [-0.2, 0) is 26.2 Å². The summed E-state index contributed by atoms with van der Waals surface area (Å²) in [4.78, 5) is 28.1.